The standard InChI is InChI=1S/C11H21N3O/c1-10(13-8-4-12-5-9-13)11(15)14-6-2-3-7-14/h10,12H,2-9H2,1H3/t10-/m1/s1. The molecule has 0 saturated carbocycles. The molecule has 15 heavy (non-hydrogen) atoms. The highest BCUT2D eigenvalue weighted by Crippen LogP contribution is 2.12. The maximum absolute atomic E-state index is 12.1. The molecule has 0 spiro atoms. The summed E-state index contributed by atoms with van der Waals surface area (Å²) in [6.45, 7) is 8.01. The minimum absolute atomic E-state index is 0.0743. The molecule has 1 atom stereocenters. The first kappa shape index (κ1) is 10.9. The lowest BCUT2D eigenvalue weighted by Crippen LogP contribution is -2.53. The lowest BCUT2D eigenvalue weighted by atomic mass is 10.2. The van der Waals surface area contributed by atoms with E-state index in [-0.39, 0.29) is 6.04 Å². The first-order chi connectivity index (χ1) is 7.29. The summed E-state index contributed by atoms with van der Waals surface area (Å²) in [5.41, 5.74) is 0. The minimum atomic E-state index is 0.0743. The Labute approximate surface area is 91.6 Å². The first-order valence-corrected chi connectivity index (χ1v) is 6.02. The van der Waals surface area contributed by atoms with Crippen LogP contribution in [0.15, 0.2) is 0 Å². The molecule has 1 N–H and O–H groups in total. The van der Waals surface area contributed by atoms with Gasteiger partial charge in [-0.25, -0.2) is 0 Å². The van der Waals surface area contributed by atoms with E-state index >= 15 is 0 Å². The lowest BCUT2D eigenvalue weighted by molar-refractivity contribution is -0.135. The molecule has 4 heteroatoms. The summed E-state index contributed by atoms with van der Waals surface area (Å²) in [5.74, 6) is 0.328. The summed E-state index contributed by atoms with van der Waals surface area (Å²) in [6.07, 6.45) is 2.36. The van der Waals surface area contributed by atoms with Crippen LogP contribution in [0.2, 0.25) is 0 Å². The Bertz CT molecular complexity index is 220. The van der Waals surface area contributed by atoms with Crippen LogP contribution in [0.25, 0.3) is 0 Å². The fraction of sp³-hybridized carbons (Fsp3) is 0.909. The summed E-state index contributed by atoms with van der Waals surface area (Å²) in [5, 5.41) is 3.31. The fourth-order valence-corrected chi connectivity index (χ4v) is 2.43. The van der Waals surface area contributed by atoms with Gasteiger partial charge in [-0.05, 0) is 19.8 Å². The van der Waals surface area contributed by atoms with E-state index in [0.717, 1.165) is 39.3 Å². The number of hydrogen-bond donors (Lipinski definition) is 1. The second-order valence-electron chi connectivity index (χ2n) is 4.49. The molecule has 2 saturated heterocycles. The van der Waals surface area contributed by atoms with Crippen molar-refractivity contribution in [1.29, 1.82) is 0 Å². The van der Waals surface area contributed by atoms with Crippen molar-refractivity contribution in [1.82, 2.24) is 15.1 Å². The van der Waals surface area contributed by atoms with E-state index in [0.29, 0.717) is 5.91 Å². The van der Waals surface area contributed by atoms with Crippen LogP contribution in [0.5, 0.6) is 0 Å². The fourth-order valence-electron chi connectivity index (χ4n) is 2.43. The highest BCUT2D eigenvalue weighted by Gasteiger charge is 2.28. The molecule has 86 valence electrons. The molecular weight excluding hydrogens is 190 g/mol. The molecule has 0 unspecified atom stereocenters. The van der Waals surface area contributed by atoms with Crippen molar-refractivity contribution >= 4 is 5.91 Å². The third-order valence-electron chi connectivity index (χ3n) is 3.47. The van der Waals surface area contributed by atoms with Crippen LogP contribution in [0, 0.1) is 0 Å². The van der Waals surface area contributed by atoms with E-state index < -0.39 is 0 Å². The van der Waals surface area contributed by atoms with Crippen LogP contribution in [-0.4, -0.2) is 61.0 Å². The number of carbonyl (C=O) groups excluding carboxylic acids is 1. The molecule has 2 fully saturated rings. The second-order valence-corrected chi connectivity index (χ2v) is 4.49. The maximum Gasteiger partial charge on any atom is 0.239 e. The predicted molar refractivity (Wildman–Crippen MR) is 59.7 cm³/mol. The molecule has 2 aliphatic rings. The van der Waals surface area contributed by atoms with E-state index in [1.165, 1.54) is 12.8 Å². The number of carbonyl (C=O) groups is 1. The van der Waals surface area contributed by atoms with Gasteiger partial charge in [0.15, 0.2) is 0 Å². The van der Waals surface area contributed by atoms with Crippen LogP contribution in [-0.2, 0) is 4.79 Å². The third kappa shape index (κ3) is 2.49. The molecule has 0 aromatic rings. The van der Waals surface area contributed by atoms with Gasteiger partial charge in [0, 0.05) is 39.3 Å². The number of hydrogen-bond acceptors (Lipinski definition) is 3. The molecule has 0 radical (unpaired) electrons. The summed E-state index contributed by atoms with van der Waals surface area (Å²) in [6, 6.07) is 0.0743. The van der Waals surface area contributed by atoms with Gasteiger partial charge in [-0.15, -0.1) is 0 Å². The van der Waals surface area contributed by atoms with E-state index in [2.05, 4.69) is 10.2 Å². The van der Waals surface area contributed by atoms with E-state index in [1.54, 1.807) is 0 Å². The normalized spacial score (nSPS) is 25.5. The quantitative estimate of drug-likeness (QED) is 0.693. The van der Waals surface area contributed by atoms with Crippen molar-refractivity contribution in [3.63, 3.8) is 0 Å². The second kappa shape index (κ2) is 4.94. The average Bonchev–Trinajstić information content (AvgIpc) is 2.82. The topological polar surface area (TPSA) is 35.6 Å². The highest BCUT2D eigenvalue weighted by molar-refractivity contribution is 5.81. The molecule has 4 nitrogen and oxygen atoms in total. The Hall–Kier alpha value is -0.610. The van der Waals surface area contributed by atoms with Crippen LogP contribution >= 0.6 is 0 Å². The van der Waals surface area contributed by atoms with Gasteiger partial charge in [-0.1, -0.05) is 0 Å². The van der Waals surface area contributed by atoms with Gasteiger partial charge < -0.3 is 10.2 Å². The Balaban J connectivity index is 1.87. The number of rotatable bonds is 2. The van der Waals surface area contributed by atoms with Crippen molar-refractivity contribution in [3.8, 4) is 0 Å². The van der Waals surface area contributed by atoms with E-state index in [1.807, 2.05) is 11.8 Å². The number of likely N-dealkylation sites (tertiary alicyclic amines) is 1. The van der Waals surface area contributed by atoms with Crippen molar-refractivity contribution in [2.24, 2.45) is 0 Å². The van der Waals surface area contributed by atoms with Gasteiger partial charge in [-0.3, -0.25) is 9.69 Å². The zero-order chi connectivity index (χ0) is 10.7. The van der Waals surface area contributed by atoms with Gasteiger partial charge in [0.2, 0.25) is 5.91 Å². The van der Waals surface area contributed by atoms with E-state index in [9.17, 15) is 4.79 Å². The Kier molecular flexibility index (Phi) is 3.59. The molecule has 2 heterocycles. The lowest BCUT2D eigenvalue weighted by Gasteiger charge is -2.33. The summed E-state index contributed by atoms with van der Waals surface area (Å²) in [7, 11) is 0. The zero-order valence-corrected chi connectivity index (χ0v) is 9.54. The number of piperazine rings is 1. The maximum atomic E-state index is 12.1. The third-order valence-corrected chi connectivity index (χ3v) is 3.47. The van der Waals surface area contributed by atoms with Crippen LogP contribution in [0.3, 0.4) is 0 Å². The average molecular weight is 211 g/mol. The Morgan fingerprint density at radius 1 is 1.13 bits per heavy atom. The van der Waals surface area contributed by atoms with Crippen LogP contribution in [0.1, 0.15) is 19.8 Å². The molecule has 0 aromatic heterocycles. The monoisotopic (exact) mass is 211 g/mol. The van der Waals surface area contributed by atoms with E-state index in [4.69, 9.17) is 0 Å². The first-order valence-electron chi connectivity index (χ1n) is 6.02. The van der Waals surface area contributed by atoms with Crippen LogP contribution in [0.4, 0.5) is 0 Å². The minimum Gasteiger partial charge on any atom is -0.341 e. The van der Waals surface area contributed by atoms with Crippen molar-refractivity contribution in [2.75, 3.05) is 39.3 Å². The number of amides is 1. The molecular formula is C11H21N3O. The Morgan fingerprint density at radius 3 is 2.33 bits per heavy atom. The highest BCUT2D eigenvalue weighted by atomic mass is 16.2. The molecule has 0 bridgehead atoms. The Morgan fingerprint density at radius 2 is 1.73 bits per heavy atom. The number of nitrogens with zero attached hydrogens (tertiary/aromatic N) is 2. The van der Waals surface area contributed by atoms with Gasteiger partial charge in [-0.2, -0.15) is 0 Å². The van der Waals surface area contributed by atoms with Gasteiger partial charge in [0.25, 0.3) is 0 Å². The SMILES string of the molecule is C[C@H](C(=O)N1CCCC1)N1CCNCC1. The number of nitrogens with one attached hydrogen (secondary N) is 1. The largest absolute Gasteiger partial charge is 0.341 e. The smallest absolute Gasteiger partial charge is 0.239 e. The van der Waals surface area contributed by atoms with Crippen molar-refractivity contribution in [3.05, 3.63) is 0 Å². The molecule has 1 amide bonds. The molecule has 2 aliphatic heterocycles. The molecule has 2 rings (SSSR count). The van der Waals surface area contributed by atoms with Crippen LogP contribution < -0.4 is 5.32 Å². The zero-order valence-electron chi connectivity index (χ0n) is 9.54. The molecule has 0 aromatic carbocycles. The summed E-state index contributed by atoms with van der Waals surface area (Å²) < 4.78 is 0. The molecule has 0 aliphatic carbocycles. The van der Waals surface area contributed by atoms with Gasteiger partial charge in [0.05, 0.1) is 6.04 Å². The summed E-state index contributed by atoms with van der Waals surface area (Å²) in [4.78, 5) is 16.4. The van der Waals surface area contributed by atoms with Crippen molar-refractivity contribution in [2.45, 2.75) is 25.8 Å². The van der Waals surface area contributed by atoms with Gasteiger partial charge in [0.1, 0.15) is 0 Å². The van der Waals surface area contributed by atoms with Crippen molar-refractivity contribution < 1.29 is 4.79 Å². The predicted octanol–water partition coefficient (Wildman–Crippen LogP) is -0.0975. The summed E-state index contributed by atoms with van der Waals surface area (Å²) >= 11 is 0. The van der Waals surface area contributed by atoms with Gasteiger partial charge >= 0.3 is 0 Å².